The van der Waals surface area contributed by atoms with Crippen molar-refractivity contribution in [2.45, 2.75) is 19.8 Å². The van der Waals surface area contributed by atoms with Gasteiger partial charge in [-0.1, -0.05) is 13.8 Å². The average Bonchev–Trinajstić information content (AvgIpc) is 2.58. The van der Waals surface area contributed by atoms with Gasteiger partial charge in [0.25, 0.3) is 0 Å². The third kappa shape index (κ3) is 4.32. The fourth-order valence-electron chi connectivity index (χ4n) is 2.33. The van der Waals surface area contributed by atoms with Crippen molar-refractivity contribution in [3.63, 3.8) is 0 Å². The standard InChI is InChI=1S/C18H20FN3O3S/c1-12(2)16-15(6-5-11-23)17(13-7-9-14(19)10-8-13)21-18(20-16)22(3)26(4,24)25/h5-12H,1-4H3. The van der Waals surface area contributed by atoms with Crippen LogP contribution in [0.3, 0.4) is 0 Å². The summed E-state index contributed by atoms with van der Waals surface area (Å²) < 4.78 is 38.1. The Morgan fingerprint density at radius 3 is 2.27 bits per heavy atom. The lowest BCUT2D eigenvalue weighted by Gasteiger charge is -2.20. The van der Waals surface area contributed by atoms with E-state index in [1.54, 1.807) is 18.2 Å². The van der Waals surface area contributed by atoms with Crippen LogP contribution in [0, 0.1) is 5.82 Å². The maximum Gasteiger partial charge on any atom is 0.239 e. The van der Waals surface area contributed by atoms with Gasteiger partial charge in [0.2, 0.25) is 16.0 Å². The quantitative estimate of drug-likeness (QED) is 0.571. The van der Waals surface area contributed by atoms with Gasteiger partial charge in [-0.05, 0) is 42.3 Å². The van der Waals surface area contributed by atoms with Crippen molar-refractivity contribution in [2.75, 3.05) is 17.6 Å². The molecule has 1 aromatic heterocycles. The second-order valence-electron chi connectivity index (χ2n) is 6.06. The number of anilines is 1. The molecule has 0 aliphatic rings. The summed E-state index contributed by atoms with van der Waals surface area (Å²) >= 11 is 0. The lowest BCUT2D eigenvalue weighted by molar-refractivity contribution is -0.104. The van der Waals surface area contributed by atoms with Crippen molar-refractivity contribution in [2.24, 2.45) is 0 Å². The monoisotopic (exact) mass is 377 g/mol. The van der Waals surface area contributed by atoms with Crippen LogP contribution in [0.25, 0.3) is 17.3 Å². The van der Waals surface area contributed by atoms with E-state index in [2.05, 4.69) is 9.97 Å². The Kier molecular flexibility index (Phi) is 5.86. The summed E-state index contributed by atoms with van der Waals surface area (Å²) in [4.78, 5) is 19.6. The van der Waals surface area contributed by atoms with Crippen LogP contribution in [-0.2, 0) is 14.8 Å². The van der Waals surface area contributed by atoms with Gasteiger partial charge in [-0.25, -0.2) is 27.1 Å². The van der Waals surface area contributed by atoms with Gasteiger partial charge in [0.05, 0.1) is 17.6 Å². The molecule has 0 unspecified atom stereocenters. The first kappa shape index (κ1) is 19.7. The van der Waals surface area contributed by atoms with Gasteiger partial charge in [0.1, 0.15) is 12.1 Å². The minimum Gasteiger partial charge on any atom is -0.299 e. The lowest BCUT2D eigenvalue weighted by Crippen LogP contribution is -2.27. The number of halogens is 1. The predicted molar refractivity (Wildman–Crippen MR) is 99.9 cm³/mol. The van der Waals surface area contributed by atoms with Crippen LogP contribution >= 0.6 is 0 Å². The molecule has 0 bridgehead atoms. The maximum atomic E-state index is 13.3. The van der Waals surface area contributed by atoms with E-state index >= 15 is 0 Å². The summed E-state index contributed by atoms with van der Waals surface area (Å²) in [5, 5.41) is 0. The van der Waals surface area contributed by atoms with Crippen molar-refractivity contribution >= 4 is 28.3 Å². The van der Waals surface area contributed by atoms with E-state index in [1.807, 2.05) is 13.8 Å². The van der Waals surface area contributed by atoms with Crippen molar-refractivity contribution in [3.8, 4) is 11.3 Å². The Bertz CT molecular complexity index is 939. The molecular formula is C18H20FN3O3S. The molecule has 0 fully saturated rings. The highest BCUT2D eigenvalue weighted by Gasteiger charge is 2.21. The number of rotatable bonds is 6. The summed E-state index contributed by atoms with van der Waals surface area (Å²) in [6.07, 6.45) is 4.58. The Hall–Kier alpha value is -2.61. The van der Waals surface area contributed by atoms with Crippen LogP contribution in [-0.4, -0.2) is 38.0 Å². The Labute approximate surface area is 152 Å². The maximum absolute atomic E-state index is 13.3. The van der Waals surface area contributed by atoms with Gasteiger partial charge < -0.3 is 0 Å². The Morgan fingerprint density at radius 2 is 1.77 bits per heavy atom. The minimum atomic E-state index is -3.56. The number of hydrogen-bond donors (Lipinski definition) is 0. The van der Waals surface area contributed by atoms with E-state index in [-0.39, 0.29) is 11.9 Å². The second kappa shape index (κ2) is 7.74. The largest absolute Gasteiger partial charge is 0.299 e. The molecule has 8 heteroatoms. The van der Waals surface area contributed by atoms with Crippen molar-refractivity contribution < 1.29 is 17.6 Å². The number of carbonyl (C=O) groups excluding carboxylic acids is 1. The van der Waals surface area contributed by atoms with Gasteiger partial charge in [-0.2, -0.15) is 0 Å². The number of benzene rings is 1. The lowest BCUT2D eigenvalue weighted by atomic mass is 9.98. The Balaban J connectivity index is 2.83. The number of allylic oxidation sites excluding steroid dienone is 1. The molecule has 0 saturated heterocycles. The summed E-state index contributed by atoms with van der Waals surface area (Å²) in [6, 6.07) is 5.67. The fourth-order valence-corrected chi connectivity index (χ4v) is 2.71. The number of hydrogen-bond acceptors (Lipinski definition) is 5. The minimum absolute atomic E-state index is 0.0128. The fraction of sp³-hybridized carbons (Fsp3) is 0.278. The number of nitrogens with zero attached hydrogens (tertiary/aromatic N) is 3. The molecule has 1 heterocycles. The van der Waals surface area contributed by atoms with Crippen molar-refractivity contribution in [3.05, 3.63) is 47.4 Å². The normalized spacial score (nSPS) is 11.9. The van der Waals surface area contributed by atoms with Crippen LogP contribution < -0.4 is 4.31 Å². The summed E-state index contributed by atoms with van der Waals surface area (Å²) in [6.45, 7) is 3.80. The SMILES string of the molecule is CC(C)c1nc(N(C)S(C)(=O)=O)nc(-c2ccc(F)cc2)c1C=CC=O. The number of aldehydes is 1. The van der Waals surface area contributed by atoms with Gasteiger partial charge in [-0.3, -0.25) is 4.79 Å². The molecule has 0 atom stereocenters. The van der Waals surface area contributed by atoms with Crippen LogP contribution in [0.15, 0.2) is 30.3 Å². The molecule has 0 aliphatic carbocycles. The average molecular weight is 377 g/mol. The number of carbonyl (C=O) groups is 1. The van der Waals surface area contributed by atoms with Crippen LogP contribution in [0.2, 0.25) is 0 Å². The molecule has 0 radical (unpaired) electrons. The highest BCUT2D eigenvalue weighted by Crippen LogP contribution is 2.31. The molecule has 26 heavy (non-hydrogen) atoms. The van der Waals surface area contributed by atoms with E-state index in [0.717, 1.165) is 10.6 Å². The molecule has 138 valence electrons. The smallest absolute Gasteiger partial charge is 0.239 e. The van der Waals surface area contributed by atoms with E-state index in [1.165, 1.54) is 25.3 Å². The first-order chi connectivity index (χ1) is 12.1. The molecule has 0 spiro atoms. The zero-order valence-corrected chi connectivity index (χ0v) is 15.8. The van der Waals surface area contributed by atoms with Crippen LogP contribution in [0.5, 0.6) is 0 Å². The molecule has 2 rings (SSSR count). The third-order valence-corrected chi connectivity index (χ3v) is 4.91. The van der Waals surface area contributed by atoms with Gasteiger partial charge in [0.15, 0.2) is 0 Å². The van der Waals surface area contributed by atoms with Crippen LogP contribution in [0.1, 0.15) is 31.0 Å². The Morgan fingerprint density at radius 1 is 1.15 bits per heavy atom. The molecule has 6 nitrogen and oxygen atoms in total. The first-order valence-corrected chi connectivity index (χ1v) is 9.73. The topological polar surface area (TPSA) is 80.2 Å². The number of aromatic nitrogens is 2. The van der Waals surface area contributed by atoms with Crippen LogP contribution in [0.4, 0.5) is 10.3 Å². The molecule has 0 aliphatic heterocycles. The van der Waals surface area contributed by atoms with E-state index in [0.29, 0.717) is 28.8 Å². The molecule has 0 amide bonds. The molecule has 0 saturated carbocycles. The first-order valence-electron chi connectivity index (χ1n) is 7.88. The summed E-state index contributed by atoms with van der Waals surface area (Å²) in [5.41, 5.74) is 2.18. The third-order valence-electron chi connectivity index (χ3n) is 3.75. The highest BCUT2D eigenvalue weighted by atomic mass is 32.2. The number of sulfonamides is 1. The van der Waals surface area contributed by atoms with Crippen molar-refractivity contribution in [1.29, 1.82) is 0 Å². The molecular weight excluding hydrogens is 357 g/mol. The van der Waals surface area contributed by atoms with E-state index in [9.17, 15) is 17.6 Å². The molecule has 0 N–H and O–H groups in total. The molecule has 1 aromatic carbocycles. The summed E-state index contributed by atoms with van der Waals surface area (Å²) in [7, 11) is -2.19. The zero-order valence-electron chi connectivity index (χ0n) is 15.0. The van der Waals surface area contributed by atoms with Gasteiger partial charge >= 0.3 is 0 Å². The highest BCUT2D eigenvalue weighted by molar-refractivity contribution is 7.92. The second-order valence-corrected chi connectivity index (χ2v) is 8.07. The predicted octanol–water partition coefficient (Wildman–Crippen LogP) is 3.01. The summed E-state index contributed by atoms with van der Waals surface area (Å²) in [5.74, 6) is -0.445. The van der Waals surface area contributed by atoms with Gasteiger partial charge in [0, 0.05) is 18.2 Å². The van der Waals surface area contributed by atoms with Gasteiger partial charge in [-0.15, -0.1) is 0 Å². The van der Waals surface area contributed by atoms with E-state index < -0.39 is 15.8 Å². The molecule has 2 aromatic rings. The van der Waals surface area contributed by atoms with Crippen molar-refractivity contribution in [1.82, 2.24) is 9.97 Å². The zero-order chi connectivity index (χ0) is 19.5. The van der Waals surface area contributed by atoms with E-state index in [4.69, 9.17) is 0 Å².